The van der Waals surface area contributed by atoms with Gasteiger partial charge in [0.05, 0.1) is 41.3 Å². The van der Waals surface area contributed by atoms with Crippen LogP contribution in [0.1, 0.15) is 24.2 Å². The zero-order valence-electron chi connectivity index (χ0n) is 21.0. The summed E-state index contributed by atoms with van der Waals surface area (Å²) in [6.45, 7) is 8.12. The number of benzene rings is 2. The number of piperazine rings is 1. The molecular formula is C27H28ClN7O2. The molecule has 0 spiro atoms. The first-order valence-electron chi connectivity index (χ1n) is 12.1. The molecule has 0 bridgehead atoms. The Morgan fingerprint density at radius 1 is 0.946 bits per heavy atom. The number of hydrogen-bond acceptors (Lipinski definition) is 8. The maximum atomic E-state index is 13.2. The summed E-state index contributed by atoms with van der Waals surface area (Å²) >= 11 is 6.57. The van der Waals surface area contributed by atoms with Crippen molar-refractivity contribution in [2.24, 2.45) is 0 Å². The molecule has 1 fully saturated rings. The second-order valence-corrected chi connectivity index (χ2v) is 9.46. The molecule has 0 unspecified atom stereocenters. The Labute approximate surface area is 220 Å². The van der Waals surface area contributed by atoms with E-state index in [0.29, 0.717) is 45.0 Å². The maximum absolute atomic E-state index is 13.2. The topological polar surface area (TPSA) is 96.4 Å². The maximum Gasteiger partial charge on any atom is 0.258 e. The molecule has 5 rings (SSSR count). The van der Waals surface area contributed by atoms with Crippen molar-refractivity contribution in [2.75, 3.05) is 43.5 Å². The van der Waals surface area contributed by atoms with Gasteiger partial charge in [-0.05, 0) is 26.0 Å². The van der Waals surface area contributed by atoms with Gasteiger partial charge in [-0.15, -0.1) is 0 Å². The number of hydrogen-bond donors (Lipinski definition) is 1. The minimum absolute atomic E-state index is 0.323. The molecule has 2 aromatic carbocycles. The van der Waals surface area contributed by atoms with Crippen molar-refractivity contribution in [3.63, 3.8) is 0 Å². The largest absolute Gasteiger partial charge is 0.495 e. The second-order valence-electron chi connectivity index (χ2n) is 9.08. The highest BCUT2D eigenvalue weighted by Crippen LogP contribution is 2.38. The van der Waals surface area contributed by atoms with E-state index in [9.17, 15) is 4.79 Å². The van der Waals surface area contributed by atoms with Crippen molar-refractivity contribution >= 4 is 40.2 Å². The lowest BCUT2D eigenvalue weighted by Gasteiger charge is -2.36. The summed E-state index contributed by atoms with van der Waals surface area (Å²) in [4.78, 5) is 35.8. The van der Waals surface area contributed by atoms with E-state index >= 15 is 0 Å². The van der Waals surface area contributed by atoms with Gasteiger partial charge in [-0.1, -0.05) is 29.8 Å². The molecule has 0 atom stereocenters. The van der Waals surface area contributed by atoms with Gasteiger partial charge >= 0.3 is 0 Å². The highest BCUT2D eigenvalue weighted by atomic mass is 35.5. The molecule has 0 saturated carbocycles. The van der Waals surface area contributed by atoms with E-state index in [1.54, 1.807) is 44.0 Å². The molecule has 1 N–H and O–H groups in total. The molecule has 10 heteroatoms. The number of amides is 1. The van der Waals surface area contributed by atoms with Crippen LogP contribution >= 0.6 is 11.6 Å². The smallest absolute Gasteiger partial charge is 0.258 e. The lowest BCUT2D eigenvalue weighted by atomic mass is 10.00. The van der Waals surface area contributed by atoms with Gasteiger partial charge in [0, 0.05) is 55.7 Å². The molecule has 0 radical (unpaired) electrons. The van der Waals surface area contributed by atoms with Gasteiger partial charge in [0.15, 0.2) is 0 Å². The molecule has 1 amide bonds. The average Bonchev–Trinajstić information content (AvgIpc) is 2.93. The Morgan fingerprint density at radius 3 is 2.32 bits per heavy atom. The number of rotatable bonds is 6. The van der Waals surface area contributed by atoms with Crippen LogP contribution in [0, 0.1) is 0 Å². The Bertz CT molecular complexity index is 1420. The normalized spacial score (nSPS) is 14.2. The molecule has 4 aromatic rings. The third-order valence-corrected chi connectivity index (χ3v) is 6.96. The van der Waals surface area contributed by atoms with Crippen LogP contribution in [0.3, 0.4) is 0 Å². The van der Waals surface area contributed by atoms with Crippen LogP contribution in [0.4, 0.5) is 11.6 Å². The van der Waals surface area contributed by atoms with Gasteiger partial charge in [0.2, 0.25) is 5.95 Å². The van der Waals surface area contributed by atoms with Crippen LogP contribution in [0.15, 0.2) is 55.1 Å². The number of nitrogens with one attached hydrogen (secondary N) is 1. The van der Waals surface area contributed by atoms with Gasteiger partial charge in [-0.25, -0.2) is 9.97 Å². The number of fused-ring (bicyclic) bond motifs is 1. The predicted molar refractivity (Wildman–Crippen MR) is 145 cm³/mol. The van der Waals surface area contributed by atoms with E-state index in [1.165, 1.54) is 0 Å². The molecule has 37 heavy (non-hydrogen) atoms. The Hall–Kier alpha value is -3.82. The number of ether oxygens (including phenoxy) is 1. The molecule has 1 aliphatic heterocycles. The monoisotopic (exact) mass is 517 g/mol. The van der Waals surface area contributed by atoms with Crippen molar-refractivity contribution < 1.29 is 9.53 Å². The summed E-state index contributed by atoms with van der Waals surface area (Å²) in [5.41, 5.74) is 3.44. The summed E-state index contributed by atoms with van der Waals surface area (Å²) in [6, 6.07) is 9.61. The predicted octanol–water partition coefficient (Wildman–Crippen LogP) is 4.53. The van der Waals surface area contributed by atoms with Crippen molar-refractivity contribution in [3.05, 3.63) is 65.7 Å². The number of carbonyl (C=O) groups is 1. The number of halogens is 1. The zero-order valence-corrected chi connectivity index (χ0v) is 21.7. The summed E-state index contributed by atoms with van der Waals surface area (Å²) in [5, 5.41) is 3.36. The fourth-order valence-electron chi connectivity index (χ4n) is 4.52. The van der Waals surface area contributed by atoms with E-state index in [4.69, 9.17) is 16.3 Å². The van der Waals surface area contributed by atoms with Crippen molar-refractivity contribution in [3.8, 4) is 16.9 Å². The van der Waals surface area contributed by atoms with Crippen LogP contribution in [-0.2, 0) is 0 Å². The second kappa shape index (κ2) is 10.7. The lowest BCUT2D eigenvalue weighted by molar-refractivity contribution is 0.102. The average molecular weight is 518 g/mol. The van der Waals surface area contributed by atoms with E-state index in [2.05, 4.69) is 48.9 Å². The van der Waals surface area contributed by atoms with Gasteiger partial charge in [-0.2, -0.15) is 0 Å². The Kier molecular flexibility index (Phi) is 7.16. The third-order valence-electron chi connectivity index (χ3n) is 6.57. The Balaban J connectivity index is 1.37. The SMILES string of the molecule is COc1cccc(-c2ccc(C(=O)Nc3cnc(N4CCN(C(C)C)CC4)nc3)c3nccnc23)c1Cl. The first kappa shape index (κ1) is 24.9. The molecule has 9 nitrogen and oxygen atoms in total. The Morgan fingerprint density at radius 2 is 1.65 bits per heavy atom. The first-order valence-corrected chi connectivity index (χ1v) is 12.5. The van der Waals surface area contributed by atoms with E-state index in [1.807, 2.05) is 18.2 Å². The number of nitrogens with zero attached hydrogens (tertiary/aromatic N) is 6. The highest BCUT2D eigenvalue weighted by molar-refractivity contribution is 6.35. The standard InChI is InChI=1S/C27H28ClN7O2/c1-17(2)34-11-13-35(14-12-34)27-31-15-18(16-32-27)33-26(36)21-8-7-20(24-25(21)30-10-9-29-24)19-5-4-6-22(37-3)23(19)28/h4-10,15-17H,11-14H2,1-3H3,(H,33,36). The van der Waals surface area contributed by atoms with Crippen LogP contribution < -0.4 is 15.0 Å². The van der Waals surface area contributed by atoms with Gasteiger partial charge in [0.1, 0.15) is 11.3 Å². The van der Waals surface area contributed by atoms with Crippen molar-refractivity contribution in [2.45, 2.75) is 19.9 Å². The minimum atomic E-state index is -0.323. The lowest BCUT2D eigenvalue weighted by Crippen LogP contribution is -2.49. The van der Waals surface area contributed by atoms with Crippen LogP contribution in [0.25, 0.3) is 22.2 Å². The summed E-state index contributed by atoms with van der Waals surface area (Å²) < 4.78 is 5.36. The number of methoxy groups -OCH3 is 1. The van der Waals surface area contributed by atoms with Crippen molar-refractivity contribution in [1.29, 1.82) is 0 Å². The molecule has 1 saturated heterocycles. The zero-order chi connectivity index (χ0) is 25.9. The number of carbonyl (C=O) groups excluding carboxylic acids is 1. The summed E-state index contributed by atoms with van der Waals surface area (Å²) in [5.74, 6) is 0.899. The van der Waals surface area contributed by atoms with Crippen LogP contribution in [0.2, 0.25) is 5.02 Å². The number of aromatic nitrogens is 4. The quantitative estimate of drug-likeness (QED) is 0.398. The van der Waals surface area contributed by atoms with Gasteiger partial charge in [0.25, 0.3) is 5.91 Å². The van der Waals surface area contributed by atoms with E-state index < -0.39 is 0 Å². The van der Waals surface area contributed by atoms with Crippen molar-refractivity contribution in [1.82, 2.24) is 24.8 Å². The minimum Gasteiger partial charge on any atom is -0.495 e. The fourth-order valence-corrected chi connectivity index (χ4v) is 4.82. The van der Waals surface area contributed by atoms with Gasteiger partial charge in [-0.3, -0.25) is 19.7 Å². The molecule has 3 heterocycles. The molecule has 2 aromatic heterocycles. The third kappa shape index (κ3) is 5.05. The molecule has 1 aliphatic rings. The van der Waals surface area contributed by atoms with Gasteiger partial charge < -0.3 is 15.0 Å². The van der Waals surface area contributed by atoms with E-state index in [-0.39, 0.29) is 5.91 Å². The molecular weight excluding hydrogens is 490 g/mol. The van der Waals surface area contributed by atoms with Crippen LogP contribution in [0.5, 0.6) is 5.75 Å². The fraction of sp³-hybridized carbons (Fsp3) is 0.296. The highest BCUT2D eigenvalue weighted by Gasteiger charge is 2.21. The summed E-state index contributed by atoms with van der Waals surface area (Å²) in [6.07, 6.45) is 6.42. The molecule has 0 aliphatic carbocycles. The van der Waals surface area contributed by atoms with E-state index in [0.717, 1.165) is 37.3 Å². The molecule has 190 valence electrons. The summed E-state index contributed by atoms with van der Waals surface area (Å²) in [7, 11) is 1.57. The first-order chi connectivity index (χ1) is 18.0. The number of anilines is 2. The van der Waals surface area contributed by atoms with Crippen LogP contribution in [-0.4, -0.2) is 70.1 Å².